The van der Waals surface area contributed by atoms with Crippen LogP contribution in [-0.2, 0) is 14.8 Å². The lowest BCUT2D eigenvalue weighted by atomic mass is 10.0. The monoisotopic (exact) mass is 347 g/mol. The van der Waals surface area contributed by atoms with Crippen LogP contribution in [0.2, 0.25) is 0 Å². The molecule has 0 aliphatic carbocycles. The first kappa shape index (κ1) is 16.5. The molecule has 0 amide bonds. The van der Waals surface area contributed by atoms with Gasteiger partial charge in [0.2, 0.25) is 10.0 Å². The van der Waals surface area contributed by atoms with Crippen LogP contribution in [0.4, 0.5) is 0 Å². The molecule has 126 valence electrons. The van der Waals surface area contributed by atoms with Crippen LogP contribution in [0, 0.1) is 5.92 Å². The highest BCUT2D eigenvalue weighted by Gasteiger charge is 2.33. The first-order valence-corrected chi connectivity index (χ1v) is 9.03. The Kier molecular flexibility index (Phi) is 4.59. The number of carboxylic acids is 1. The number of aromatic nitrogens is 2. The summed E-state index contributed by atoms with van der Waals surface area (Å²) in [7, 11) is -3.78. The number of nitrogens with zero attached hydrogens (tertiary/aromatic N) is 3. The Labute approximate surface area is 140 Å². The summed E-state index contributed by atoms with van der Waals surface area (Å²) in [6.45, 7) is 0.296. The third kappa shape index (κ3) is 3.29. The molecule has 1 aromatic heterocycles. The minimum atomic E-state index is -3.78. The Morgan fingerprint density at radius 2 is 1.83 bits per heavy atom. The van der Waals surface area contributed by atoms with E-state index in [1.807, 2.05) is 30.3 Å². The summed E-state index contributed by atoms with van der Waals surface area (Å²) < 4.78 is 26.5. The summed E-state index contributed by atoms with van der Waals surface area (Å²) in [5.74, 6) is -1.19. The second-order valence-corrected chi connectivity index (χ2v) is 7.59. The fourth-order valence-corrected chi connectivity index (χ4v) is 4.11. The Morgan fingerprint density at radius 3 is 2.46 bits per heavy atom. The van der Waals surface area contributed by atoms with Crippen molar-refractivity contribution in [3.8, 4) is 11.4 Å². The first-order chi connectivity index (χ1) is 11.5. The molecule has 1 aliphatic rings. The lowest BCUT2D eigenvalue weighted by Gasteiger charge is -2.29. The molecule has 3 rings (SSSR count). The number of hydrogen-bond acceptors (Lipinski definition) is 5. The molecule has 8 heteroatoms. The Hall–Kier alpha value is -2.32. The van der Waals surface area contributed by atoms with Gasteiger partial charge in [0, 0.05) is 18.7 Å². The van der Waals surface area contributed by atoms with Gasteiger partial charge in [-0.1, -0.05) is 30.3 Å². The van der Waals surface area contributed by atoms with Gasteiger partial charge in [-0.2, -0.15) is 4.31 Å². The van der Waals surface area contributed by atoms with Crippen LogP contribution < -0.4 is 0 Å². The van der Waals surface area contributed by atoms with E-state index < -0.39 is 21.9 Å². The predicted octanol–water partition coefficient (Wildman–Crippen LogP) is 1.63. The molecule has 2 heterocycles. The smallest absolute Gasteiger partial charge is 0.307 e. The summed E-state index contributed by atoms with van der Waals surface area (Å²) in [5, 5.41) is 9.11. The normalized spacial score (nSPS) is 19.1. The number of benzene rings is 1. The number of hydrogen-bond donors (Lipinski definition) is 1. The maximum Gasteiger partial charge on any atom is 0.307 e. The highest BCUT2D eigenvalue weighted by molar-refractivity contribution is 7.89. The molecular formula is C16H17N3O4S. The van der Waals surface area contributed by atoms with Crippen LogP contribution in [0.1, 0.15) is 12.8 Å². The van der Waals surface area contributed by atoms with E-state index in [1.54, 1.807) is 0 Å². The van der Waals surface area contributed by atoms with Gasteiger partial charge in [0.05, 0.1) is 18.3 Å². The van der Waals surface area contributed by atoms with Crippen molar-refractivity contribution >= 4 is 16.0 Å². The third-order valence-corrected chi connectivity index (χ3v) is 5.85. The van der Waals surface area contributed by atoms with E-state index in [1.165, 1.54) is 16.7 Å². The molecule has 1 unspecified atom stereocenters. The van der Waals surface area contributed by atoms with Gasteiger partial charge in [-0.15, -0.1) is 0 Å². The van der Waals surface area contributed by atoms with Crippen molar-refractivity contribution in [3.05, 3.63) is 42.7 Å². The second kappa shape index (κ2) is 6.66. The van der Waals surface area contributed by atoms with Gasteiger partial charge in [-0.25, -0.2) is 18.4 Å². The number of carboxylic acid groups (broad SMARTS) is 1. The molecular weight excluding hydrogens is 330 g/mol. The van der Waals surface area contributed by atoms with Crippen molar-refractivity contribution in [2.45, 2.75) is 17.7 Å². The van der Waals surface area contributed by atoms with Gasteiger partial charge in [0.25, 0.3) is 0 Å². The zero-order valence-corrected chi connectivity index (χ0v) is 13.7. The molecule has 24 heavy (non-hydrogen) atoms. The third-order valence-electron chi connectivity index (χ3n) is 4.03. The van der Waals surface area contributed by atoms with Crippen molar-refractivity contribution in [2.24, 2.45) is 5.92 Å². The van der Waals surface area contributed by atoms with Crippen molar-refractivity contribution in [1.29, 1.82) is 0 Å². The minimum absolute atomic E-state index is 0.0158. The molecule has 2 aromatic rings. The lowest BCUT2D eigenvalue weighted by molar-refractivity contribution is -0.142. The molecule has 1 fully saturated rings. The fraction of sp³-hybridized carbons (Fsp3) is 0.312. The molecule has 7 nitrogen and oxygen atoms in total. The van der Waals surface area contributed by atoms with Crippen LogP contribution in [0.3, 0.4) is 0 Å². The fourth-order valence-electron chi connectivity index (χ4n) is 2.70. The lowest BCUT2D eigenvalue weighted by Crippen LogP contribution is -2.42. The van der Waals surface area contributed by atoms with Gasteiger partial charge in [0.15, 0.2) is 5.82 Å². The predicted molar refractivity (Wildman–Crippen MR) is 86.6 cm³/mol. The van der Waals surface area contributed by atoms with Crippen LogP contribution in [0.5, 0.6) is 0 Å². The highest BCUT2D eigenvalue weighted by atomic mass is 32.2. The molecule has 1 atom stereocenters. The number of piperidine rings is 1. The topological polar surface area (TPSA) is 100 Å². The first-order valence-electron chi connectivity index (χ1n) is 7.59. The van der Waals surface area contributed by atoms with E-state index in [0.717, 1.165) is 5.56 Å². The standard InChI is InChI=1S/C16H17N3O4S/c20-16(21)13-7-4-8-19(11-13)24(22,23)14-9-17-15(18-10-14)12-5-2-1-3-6-12/h1-3,5-6,9-10,13H,4,7-8,11H2,(H,20,21). The van der Waals surface area contributed by atoms with Crippen molar-refractivity contribution in [2.75, 3.05) is 13.1 Å². The molecule has 1 N–H and O–H groups in total. The van der Waals surface area contributed by atoms with E-state index in [9.17, 15) is 13.2 Å². The van der Waals surface area contributed by atoms with Crippen LogP contribution in [0.25, 0.3) is 11.4 Å². The largest absolute Gasteiger partial charge is 0.481 e. The number of aliphatic carboxylic acids is 1. The molecule has 0 spiro atoms. The van der Waals surface area contributed by atoms with E-state index >= 15 is 0 Å². The molecule has 0 bridgehead atoms. The van der Waals surface area contributed by atoms with E-state index in [-0.39, 0.29) is 11.4 Å². The second-order valence-electron chi connectivity index (χ2n) is 5.65. The highest BCUT2D eigenvalue weighted by Crippen LogP contribution is 2.24. The van der Waals surface area contributed by atoms with E-state index in [2.05, 4.69) is 9.97 Å². The average Bonchev–Trinajstić information content (AvgIpc) is 2.62. The SMILES string of the molecule is O=C(O)C1CCCN(S(=O)(=O)c2cnc(-c3ccccc3)nc2)C1. The Bertz CT molecular complexity index is 822. The maximum absolute atomic E-state index is 12.7. The maximum atomic E-state index is 12.7. The summed E-state index contributed by atoms with van der Waals surface area (Å²) in [6.07, 6.45) is 3.56. The van der Waals surface area contributed by atoms with Crippen LogP contribution in [0.15, 0.2) is 47.6 Å². The average molecular weight is 347 g/mol. The summed E-state index contributed by atoms with van der Waals surface area (Å²) in [5.41, 5.74) is 0.797. The van der Waals surface area contributed by atoms with Crippen molar-refractivity contribution < 1.29 is 18.3 Å². The summed E-state index contributed by atoms with van der Waals surface area (Å²) in [6, 6.07) is 9.25. The zero-order valence-electron chi connectivity index (χ0n) is 12.9. The summed E-state index contributed by atoms with van der Waals surface area (Å²) in [4.78, 5) is 19.4. The summed E-state index contributed by atoms with van der Waals surface area (Å²) >= 11 is 0. The molecule has 0 radical (unpaired) electrons. The zero-order chi connectivity index (χ0) is 17.2. The van der Waals surface area contributed by atoms with Gasteiger partial charge in [-0.3, -0.25) is 4.79 Å². The van der Waals surface area contributed by atoms with Crippen molar-refractivity contribution in [3.63, 3.8) is 0 Å². The Balaban J connectivity index is 1.83. The van der Waals surface area contributed by atoms with E-state index in [0.29, 0.717) is 25.2 Å². The van der Waals surface area contributed by atoms with Crippen molar-refractivity contribution in [1.82, 2.24) is 14.3 Å². The molecule has 1 aromatic carbocycles. The van der Waals surface area contributed by atoms with Crippen LogP contribution >= 0.6 is 0 Å². The number of rotatable bonds is 4. The number of sulfonamides is 1. The van der Waals surface area contributed by atoms with Gasteiger partial charge in [-0.05, 0) is 12.8 Å². The van der Waals surface area contributed by atoms with Gasteiger partial charge < -0.3 is 5.11 Å². The van der Waals surface area contributed by atoms with Gasteiger partial charge in [0.1, 0.15) is 4.90 Å². The quantitative estimate of drug-likeness (QED) is 0.902. The van der Waals surface area contributed by atoms with Crippen LogP contribution in [-0.4, -0.2) is 46.9 Å². The molecule has 0 saturated carbocycles. The van der Waals surface area contributed by atoms with Gasteiger partial charge >= 0.3 is 5.97 Å². The Morgan fingerprint density at radius 1 is 1.17 bits per heavy atom. The molecule has 1 saturated heterocycles. The number of carbonyl (C=O) groups is 1. The minimum Gasteiger partial charge on any atom is -0.481 e. The molecule has 1 aliphatic heterocycles. The van der Waals surface area contributed by atoms with E-state index in [4.69, 9.17) is 5.11 Å².